The van der Waals surface area contributed by atoms with Gasteiger partial charge in [-0.1, -0.05) is 12.1 Å². The quantitative estimate of drug-likeness (QED) is 0.666. The van der Waals surface area contributed by atoms with E-state index in [2.05, 4.69) is 16.0 Å². The lowest BCUT2D eigenvalue weighted by Gasteiger charge is -2.12. The predicted molar refractivity (Wildman–Crippen MR) is 80.1 cm³/mol. The standard InChI is InChI=1S/C13H16F2N4O2.ClH/c14-13(15)5-10(18-7-13)11(20)17-6-8-2-1-3-9(4-8)19-12(16)21;/h1-4,10,18H,5-7H2,(H,17,20)(H3,16,19,21);1H. The Morgan fingerprint density at radius 2 is 2.14 bits per heavy atom. The molecular formula is C13H17ClF2N4O2. The summed E-state index contributed by atoms with van der Waals surface area (Å²) in [5.41, 5.74) is 6.23. The van der Waals surface area contributed by atoms with E-state index in [0.29, 0.717) is 5.69 Å². The molecule has 3 amide bonds. The number of carbonyl (C=O) groups excluding carboxylic acids is 2. The van der Waals surface area contributed by atoms with Crippen LogP contribution in [0.2, 0.25) is 0 Å². The summed E-state index contributed by atoms with van der Waals surface area (Å²) in [6.07, 6.45) is -0.498. The number of alkyl halides is 2. The molecule has 9 heteroatoms. The SMILES string of the molecule is Cl.NC(=O)Nc1cccc(CNC(=O)C2CC(F)(F)CN2)c1. The maximum absolute atomic E-state index is 13.0. The van der Waals surface area contributed by atoms with Crippen LogP contribution in [0.5, 0.6) is 0 Å². The summed E-state index contributed by atoms with van der Waals surface area (Å²) in [5, 5.41) is 7.48. The number of hydrogen-bond donors (Lipinski definition) is 4. The van der Waals surface area contributed by atoms with Crippen molar-refractivity contribution in [1.29, 1.82) is 0 Å². The van der Waals surface area contributed by atoms with Gasteiger partial charge in [0.1, 0.15) is 0 Å². The molecule has 22 heavy (non-hydrogen) atoms. The van der Waals surface area contributed by atoms with E-state index in [1.54, 1.807) is 24.3 Å². The second kappa shape index (κ2) is 7.37. The Morgan fingerprint density at radius 3 is 2.73 bits per heavy atom. The summed E-state index contributed by atoms with van der Waals surface area (Å²) in [5.74, 6) is -3.31. The molecule has 1 aromatic rings. The topological polar surface area (TPSA) is 96.2 Å². The zero-order valence-corrected chi connectivity index (χ0v) is 12.4. The average molecular weight is 335 g/mol. The molecule has 0 bridgehead atoms. The minimum atomic E-state index is -2.84. The summed E-state index contributed by atoms with van der Waals surface area (Å²) < 4.78 is 26.0. The fraction of sp³-hybridized carbons (Fsp3) is 0.385. The fourth-order valence-electron chi connectivity index (χ4n) is 2.11. The number of halogens is 3. The number of anilines is 1. The van der Waals surface area contributed by atoms with Crippen LogP contribution >= 0.6 is 12.4 Å². The number of primary amides is 1. The van der Waals surface area contributed by atoms with Crippen LogP contribution in [0.4, 0.5) is 19.3 Å². The first-order valence-corrected chi connectivity index (χ1v) is 6.40. The molecule has 5 N–H and O–H groups in total. The molecule has 2 rings (SSSR count). The Kier molecular flexibility index (Phi) is 6.07. The molecule has 1 aromatic carbocycles. The third-order valence-corrected chi connectivity index (χ3v) is 3.09. The predicted octanol–water partition coefficient (Wildman–Crippen LogP) is 1.21. The van der Waals surface area contributed by atoms with E-state index in [4.69, 9.17) is 5.73 Å². The van der Waals surface area contributed by atoms with E-state index in [9.17, 15) is 18.4 Å². The Bertz CT molecular complexity index is 557. The molecule has 0 saturated carbocycles. The Balaban J connectivity index is 0.00000242. The van der Waals surface area contributed by atoms with Crippen LogP contribution in [0.3, 0.4) is 0 Å². The summed E-state index contributed by atoms with van der Waals surface area (Å²) in [7, 11) is 0. The van der Waals surface area contributed by atoms with Gasteiger partial charge in [0, 0.05) is 18.7 Å². The van der Waals surface area contributed by atoms with Crippen LogP contribution in [-0.4, -0.2) is 30.4 Å². The molecule has 1 heterocycles. The van der Waals surface area contributed by atoms with Crippen molar-refractivity contribution in [2.75, 3.05) is 11.9 Å². The zero-order chi connectivity index (χ0) is 15.5. The molecule has 1 saturated heterocycles. The van der Waals surface area contributed by atoms with E-state index in [-0.39, 0.29) is 19.0 Å². The van der Waals surface area contributed by atoms with Gasteiger partial charge < -0.3 is 16.4 Å². The van der Waals surface area contributed by atoms with Gasteiger partial charge in [0.15, 0.2) is 0 Å². The van der Waals surface area contributed by atoms with Crippen molar-refractivity contribution in [3.8, 4) is 0 Å². The lowest BCUT2D eigenvalue weighted by molar-refractivity contribution is -0.123. The molecular weight excluding hydrogens is 318 g/mol. The van der Waals surface area contributed by atoms with Crippen molar-refractivity contribution in [2.24, 2.45) is 5.73 Å². The molecule has 1 aliphatic rings. The maximum Gasteiger partial charge on any atom is 0.316 e. The Morgan fingerprint density at radius 1 is 1.41 bits per heavy atom. The average Bonchev–Trinajstić information content (AvgIpc) is 2.76. The monoisotopic (exact) mass is 334 g/mol. The van der Waals surface area contributed by atoms with Gasteiger partial charge in [-0.2, -0.15) is 0 Å². The lowest BCUT2D eigenvalue weighted by Crippen LogP contribution is -2.40. The van der Waals surface area contributed by atoms with Crippen molar-refractivity contribution < 1.29 is 18.4 Å². The van der Waals surface area contributed by atoms with Crippen molar-refractivity contribution in [1.82, 2.24) is 10.6 Å². The van der Waals surface area contributed by atoms with Crippen LogP contribution in [0, 0.1) is 0 Å². The molecule has 0 spiro atoms. The first-order chi connectivity index (χ1) is 9.85. The van der Waals surface area contributed by atoms with Crippen molar-refractivity contribution >= 4 is 30.0 Å². The molecule has 0 radical (unpaired) electrons. The minimum Gasteiger partial charge on any atom is -0.351 e. The van der Waals surface area contributed by atoms with Gasteiger partial charge in [0.2, 0.25) is 5.91 Å². The number of benzene rings is 1. The number of hydrogen-bond acceptors (Lipinski definition) is 3. The highest BCUT2D eigenvalue weighted by Gasteiger charge is 2.42. The molecule has 1 aliphatic heterocycles. The normalized spacial score (nSPS) is 19.1. The van der Waals surface area contributed by atoms with Crippen LogP contribution in [0.25, 0.3) is 0 Å². The van der Waals surface area contributed by atoms with Crippen molar-refractivity contribution in [2.45, 2.75) is 24.9 Å². The molecule has 6 nitrogen and oxygen atoms in total. The van der Waals surface area contributed by atoms with E-state index in [0.717, 1.165) is 5.56 Å². The largest absolute Gasteiger partial charge is 0.351 e. The van der Waals surface area contributed by atoms with Crippen molar-refractivity contribution in [3.05, 3.63) is 29.8 Å². The van der Waals surface area contributed by atoms with Gasteiger partial charge in [-0.25, -0.2) is 13.6 Å². The molecule has 1 atom stereocenters. The van der Waals surface area contributed by atoms with Gasteiger partial charge in [0.25, 0.3) is 5.92 Å². The van der Waals surface area contributed by atoms with Gasteiger partial charge in [-0.3, -0.25) is 10.1 Å². The van der Waals surface area contributed by atoms with E-state index in [1.807, 2.05) is 0 Å². The number of carbonyl (C=O) groups is 2. The van der Waals surface area contributed by atoms with Gasteiger partial charge >= 0.3 is 6.03 Å². The van der Waals surface area contributed by atoms with E-state index < -0.39 is 36.9 Å². The zero-order valence-electron chi connectivity index (χ0n) is 11.6. The summed E-state index contributed by atoms with van der Waals surface area (Å²) >= 11 is 0. The van der Waals surface area contributed by atoms with Crippen LogP contribution in [0.15, 0.2) is 24.3 Å². The number of nitrogens with one attached hydrogen (secondary N) is 3. The molecule has 0 aromatic heterocycles. The summed E-state index contributed by atoms with van der Waals surface area (Å²) in [4.78, 5) is 22.5. The van der Waals surface area contributed by atoms with Crippen LogP contribution in [-0.2, 0) is 11.3 Å². The van der Waals surface area contributed by atoms with Gasteiger partial charge in [-0.05, 0) is 17.7 Å². The van der Waals surface area contributed by atoms with Crippen molar-refractivity contribution in [3.63, 3.8) is 0 Å². The third kappa shape index (κ3) is 5.12. The van der Waals surface area contributed by atoms with Gasteiger partial charge in [0.05, 0.1) is 12.6 Å². The Labute approximate surface area is 132 Å². The highest BCUT2D eigenvalue weighted by molar-refractivity contribution is 5.87. The first kappa shape index (κ1) is 18.1. The lowest BCUT2D eigenvalue weighted by atomic mass is 10.1. The number of rotatable bonds is 4. The van der Waals surface area contributed by atoms with Crippen LogP contribution in [0.1, 0.15) is 12.0 Å². The number of amides is 3. The highest BCUT2D eigenvalue weighted by atomic mass is 35.5. The van der Waals surface area contributed by atoms with E-state index >= 15 is 0 Å². The van der Waals surface area contributed by atoms with Gasteiger partial charge in [-0.15, -0.1) is 12.4 Å². The minimum absolute atomic E-state index is 0. The molecule has 122 valence electrons. The first-order valence-electron chi connectivity index (χ1n) is 6.40. The maximum atomic E-state index is 13.0. The fourth-order valence-corrected chi connectivity index (χ4v) is 2.11. The molecule has 1 fully saturated rings. The third-order valence-electron chi connectivity index (χ3n) is 3.09. The number of urea groups is 1. The molecule has 0 aliphatic carbocycles. The Hall–Kier alpha value is -1.93. The smallest absolute Gasteiger partial charge is 0.316 e. The van der Waals surface area contributed by atoms with Crippen LogP contribution < -0.4 is 21.7 Å². The molecule has 1 unspecified atom stereocenters. The summed E-state index contributed by atoms with van der Waals surface area (Å²) in [6, 6.07) is 5.15. The second-order valence-electron chi connectivity index (χ2n) is 4.90. The second-order valence-corrected chi connectivity index (χ2v) is 4.90. The number of nitrogens with two attached hydrogens (primary N) is 1. The summed E-state index contributed by atoms with van der Waals surface area (Å²) in [6.45, 7) is -0.306. The van der Waals surface area contributed by atoms with E-state index in [1.165, 1.54) is 0 Å². The highest BCUT2D eigenvalue weighted by Crippen LogP contribution is 2.25.